The lowest BCUT2D eigenvalue weighted by atomic mass is 10.1. The second-order valence-electron chi connectivity index (χ2n) is 3.75. The van der Waals surface area contributed by atoms with Crippen molar-refractivity contribution in [2.75, 3.05) is 23.7 Å². The molecule has 88 valence electrons. The van der Waals surface area contributed by atoms with E-state index < -0.39 is 0 Å². The van der Waals surface area contributed by atoms with Crippen LogP contribution in [-0.4, -0.2) is 18.1 Å². The van der Waals surface area contributed by atoms with Crippen LogP contribution in [0.3, 0.4) is 0 Å². The van der Waals surface area contributed by atoms with Crippen molar-refractivity contribution >= 4 is 22.3 Å². The fourth-order valence-electron chi connectivity index (χ4n) is 1.85. The number of benzene rings is 1. The van der Waals surface area contributed by atoms with Crippen LogP contribution in [0.25, 0.3) is 10.9 Å². The molecule has 0 bridgehead atoms. The van der Waals surface area contributed by atoms with Crippen LogP contribution in [0.2, 0.25) is 0 Å². The Bertz CT molecular complexity index is 634. The van der Waals surface area contributed by atoms with Gasteiger partial charge in [-0.1, -0.05) is 0 Å². The van der Waals surface area contributed by atoms with Crippen molar-refractivity contribution in [2.24, 2.45) is 0 Å². The predicted molar refractivity (Wildman–Crippen MR) is 69.6 cm³/mol. The van der Waals surface area contributed by atoms with Crippen LogP contribution in [0, 0.1) is 22.7 Å². The van der Waals surface area contributed by atoms with Gasteiger partial charge in [0.1, 0.15) is 13.1 Å². The van der Waals surface area contributed by atoms with Crippen LogP contribution < -0.4 is 10.6 Å². The van der Waals surface area contributed by atoms with E-state index in [9.17, 15) is 0 Å². The maximum atomic E-state index is 8.81. The Labute approximate surface area is 105 Å². The molecule has 0 aliphatic carbocycles. The lowest BCUT2D eigenvalue weighted by Crippen LogP contribution is -2.24. The number of nitrogens with zero attached hydrogens (tertiary/aromatic N) is 4. The summed E-state index contributed by atoms with van der Waals surface area (Å²) in [7, 11) is 0. The number of nitrogens with two attached hydrogens (primary N) is 1. The van der Waals surface area contributed by atoms with Gasteiger partial charge in [-0.2, -0.15) is 10.5 Å². The van der Waals surface area contributed by atoms with E-state index in [1.54, 1.807) is 17.2 Å². The summed E-state index contributed by atoms with van der Waals surface area (Å²) in [5, 5.41) is 18.5. The molecule has 2 aromatic rings. The maximum absolute atomic E-state index is 8.81. The fraction of sp³-hybridized carbons (Fsp3) is 0.154. The Morgan fingerprint density at radius 1 is 1.17 bits per heavy atom. The van der Waals surface area contributed by atoms with E-state index in [0.29, 0.717) is 11.2 Å². The minimum atomic E-state index is 0.154. The molecule has 0 aliphatic heterocycles. The molecule has 0 aliphatic rings. The van der Waals surface area contributed by atoms with Crippen LogP contribution in [0.4, 0.5) is 11.4 Å². The second kappa shape index (κ2) is 5.03. The number of anilines is 2. The highest BCUT2D eigenvalue weighted by atomic mass is 15.1. The monoisotopic (exact) mass is 237 g/mol. The third kappa shape index (κ3) is 2.02. The second-order valence-corrected chi connectivity index (χ2v) is 3.75. The minimum absolute atomic E-state index is 0.154. The number of aromatic nitrogens is 1. The van der Waals surface area contributed by atoms with Crippen LogP contribution >= 0.6 is 0 Å². The smallest absolute Gasteiger partial charge is 0.106 e. The Morgan fingerprint density at radius 2 is 1.89 bits per heavy atom. The van der Waals surface area contributed by atoms with Gasteiger partial charge in [0, 0.05) is 17.3 Å². The van der Waals surface area contributed by atoms with E-state index >= 15 is 0 Å². The van der Waals surface area contributed by atoms with Crippen molar-refractivity contribution < 1.29 is 0 Å². The quantitative estimate of drug-likeness (QED) is 0.647. The summed E-state index contributed by atoms with van der Waals surface area (Å²) >= 11 is 0. The summed E-state index contributed by atoms with van der Waals surface area (Å²) in [6.45, 7) is 0.308. The lowest BCUT2D eigenvalue weighted by molar-refractivity contribution is 0.972. The SMILES string of the molecule is N#CCN(CC#N)c1ccc(N)c2ncccc12. The number of pyridine rings is 1. The van der Waals surface area contributed by atoms with Gasteiger partial charge in [0.2, 0.25) is 0 Å². The highest BCUT2D eigenvalue weighted by molar-refractivity contribution is 5.98. The zero-order valence-corrected chi connectivity index (χ0v) is 9.67. The molecule has 5 nitrogen and oxygen atoms in total. The third-order valence-corrected chi connectivity index (χ3v) is 2.64. The molecule has 0 atom stereocenters. The third-order valence-electron chi connectivity index (χ3n) is 2.64. The Kier molecular flexibility index (Phi) is 3.26. The summed E-state index contributed by atoms with van der Waals surface area (Å²) in [6, 6.07) is 11.4. The van der Waals surface area contributed by atoms with Gasteiger partial charge in [-0.05, 0) is 24.3 Å². The van der Waals surface area contributed by atoms with E-state index in [4.69, 9.17) is 16.3 Å². The molecule has 1 heterocycles. The molecule has 0 saturated carbocycles. The summed E-state index contributed by atoms with van der Waals surface area (Å²) in [4.78, 5) is 5.92. The van der Waals surface area contributed by atoms with Crippen molar-refractivity contribution in [1.29, 1.82) is 10.5 Å². The first-order valence-corrected chi connectivity index (χ1v) is 5.40. The molecule has 0 spiro atoms. The highest BCUT2D eigenvalue weighted by Crippen LogP contribution is 2.29. The zero-order valence-electron chi connectivity index (χ0n) is 9.67. The van der Waals surface area contributed by atoms with Gasteiger partial charge in [0.25, 0.3) is 0 Å². The van der Waals surface area contributed by atoms with E-state index in [1.807, 2.05) is 18.2 Å². The number of hydrogen-bond donors (Lipinski definition) is 1. The first-order chi connectivity index (χ1) is 8.77. The topological polar surface area (TPSA) is 89.7 Å². The molecule has 0 amide bonds. The van der Waals surface area contributed by atoms with E-state index in [2.05, 4.69) is 17.1 Å². The lowest BCUT2D eigenvalue weighted by Gasteiger charge is -2.20. The van der Waals surface area contributed by atoms with E-state index in [0.717, 1.165) is 11.1 Å². The predicted octanol–water partition coefficient (Wildman–Crippen LogP) is 1.67. The number of nitrogen functional groups attached to an aromatic ring is 1. The highest BCUT2D eigenvalue weighted by Gasteiger charge is 2.11. The first kappa shape index (κ1) is 11.7. The van der Waals surface area contributed by atoms with Crippen molar-refractivity contribution in [3.63, 3.8) is 0 Å². The molecular weight excluding hydrogens is 226 g/mol. The average Bonchev–Trinajstić information content (AvgIpc) is 2.39. The van der Waals surface area contributed by atoms with Gasteiger partial charge >= 0.3 is 0 Å². The van der Waals surface area contributed by atoms with Crippen molar-refractivity contribution in [3.8, 4) is 12.1 Å². The van der Waals surface area contributed by atoms with Crippen molar-refractivity contribution in [3.05, 3.63) is 30.5 Å². The molecule has 0 fully saturated rings. The summed E-state index contributed by atoms with van der Waals surface area (Å²) < 4.78 is 0. The largest absolute Gasteiger partial charge is 0.397 e. The molecule has 2 N–H and O–H groups in total. The van der Waals surface area contributed by atoms with Crippen molar-refractivity contribution in [1.82, 2.24) is 4.98 Å². The van der Waals surface area contributed by atoms with Gasteiger partial charge in [-0.3, -0.25) is 4.98 Å². The van der Waals surface area contributed by atoms with Crippen LogP contribution in [-0.2, 0) is 0 Å². The number of hydrogen-bond acceptors (Lipinski definition) is 5. The van der Waals surface area contributed by atoms with Crippen LogP contribution in [0.15, 0.2) is 30.5 Å². The van der Waals surface area contributed by atoms with E-state index in [1.165, 1.54) is 0 Å². The summed E-state index contributed by atoms with van der Waals surface area (Å²) in [5.74, 6) is 0. The van der Waals surface area contributed by atoms with Gasteiger partial charge < -0.3 is 10.6 Å². The Balaban J connectivity index is 2.61. The number of nitriles is 2. The summed E-state index contributed by atoms with van der Waals surface area (Å²) in [5.41, 5.74) is 7.94. The molecular formula is C13H11N5. The van der Waals surface area contributed by atoms with Crippen LogP contribution in [0.1, 0.15) is 0 Å². The average molecular weight is 237 g/mol. The van der Waals surface area contributed by atoms with Crippen LogP contribution in [0.5, 0.6) is 0 Å². The molecule has 1 aromatic carbocycles. The molecule has 1 aromatic heterocycles. The summed E-state index contributed by atoms with van der Waals surface area (Å²) in [6.07, 6.45) is 1.67. The normalized spacial score (nSPS) is 9.67. The Morgan fingerprint density at radius 3 is 2.56 bits per heavy atom. The molecule has 0 saturated heterocycles. The standard InChI is InChI=1S/C13H11N5/c14-5-8-18(9-6-15)12-4-3-11(16)13-10(12)2-1-7-17-13/h1-4,7H,8-9,16H2. The first-order valence-electron chi connectivity index (χ1n) is 5.40. The van der Waals surface area contributed by atoms with E-state index in [-0.39, 0.29) is 13.1 Å². The van der Waals surface area contributed by atoms with Gasteiger partial charge in [-0.15, -0.1) is 0 Å². The maximum Gasteiger partial charge on any atom is 0.106 e. The van der Waals surface area contributed by atoms with Crippen molar-refractivity contribution in [2.45, 2.75) is 0 Å². The minimum Gasteiger partial charge on any atom is -0.397 e. The van der Waals surface area contributed by atoms with Gasteiger partial charge in [0.05, 0.1) is 23.3 Å². The zero-order chi connectivity index (χ0) is 13.0. The molecule has 18 heavy (non-hydrogen) atoms. The fourth-order valence-corrected chi connectivity index (χ4v) is 1.85. The molecule has 0 radical (unpaired) electrons. The molecule has 5 heteroatoms. The molecule has 2 rings (SSSR count). The van der Waals surface area contributed by atoms with Gasteiger partial charge in [-0.25, -0.2) is 0 Å². The number of rotatable bonds is 3. The number of fused-ring (bicyclic) bond motifs is 1. The Hall–Kier alpha value is -2.79. The molecule has 0 unspecified atom stereocenters. The van der Waals surface area contributed by atoms with Gasteiger partial charge in [0.15, 0.2) is 0 Å².